The fraction of sp³-hybridized carbons (Fsp3) is 0.150. The van der Waals surface area contributed by atoms with Gasteiger partial charge in [-0.1, -0.05) is 36.0 Å². The van der Waals surface area contributed by atoms with Gasteiger partial charge in [0.05, 0.1) is 5.56 Å². The third kappa shape index (κ3) is 5.64. The van der Waals surface area contributed by atoms with Gasteiger partial charge in [0.2, 0.25) is 0 Å². The molecule has 0 fully saturated rings. The van der Waals surface area contributed by atoms with Gasteiger partial charge in [-0.2, -0.15) is 0 Å². The van der Waals surface area contributed by atoms with Crippen molar-refractivity contribution in [3.05, 3.63) is 76.5 Å². The fourth-order valence-corrected chi connectivity index (χ4v) is 4.21. The largest absolute Gasteiger partial charge is 0.452 e. The zero-order chi connectivity index (χ0) is 19.9. The number of benzene rings is 2. The summed E-state index contributed by atoms with van der Waals surface area (Å²) < 4.78 is 19.2. The summed E-state index contributed by atoms with van der Waals surface area (Å²) in [5.74, 6) is -1.02. The van der Waals surface area contributed by atoms with Crippen molar-refractivity contribution in [2.45, 2.75) is 17.0 Å². The van der Waals surface area contributed by atoms with Crippen LogP contribution < -0.4 is 5.32 Å². The Bertz CT molecular complexity index is 991. The maximum absolute atomic E-state index is 13.2. The number of ether oxygens (including phenoxy) is 1. The molecule has 0 unspecified atom stereocenters. The van der Waals surface area contributed by atoms with Gasteiger partial charge in [-0.3, -0.25) is 4.79 Å². The first-order valence-corrected chi connectivity index (χ1v) is 10.2. The standard InChI is InChI=1S/C20H17FN2O3S2/c1-13-11-27-20(22-13)28-12-14-5-2-3-8-17(14)19(25)26-10-18(24)23-16-7-4-6-15(21)9-16/h2-9,11H,10,12H2,1H3,(H,23,24). The maximum Gasteiger partial charge on any atom is 0.338 e. The zero-order valence-corrected chi connectivity index (χ0v) is 16.6. The second-order valence-electron chi connectivity index (χ2n) is 5.84. The average molecular weight is 416 g/mol. The lowest BCUT2D eigenvalue weighted by atomic mass is 10.1. The molecule has 0 saturated heterocycles. The molecule has 0 aliphatic carbocycles. The van der Waals surface area contributed by atoms with Gasteiger partial charge in [-0.25, -0.2) is 14.2 Å². The van der Waals surface area contributed by atoms with Gasteiger partial charge in [0, 0.05) is 22.5 Å². The van der Waals surface area contributed by atoms with E-state index in [4.69, 9.17) is 4.74 Å². The molecule has 0 atom stereocenters. The highest BCUT2D eigenvalue weighted by atomic mass is 32.2. The van der Waals surface area contributed by atoms with Crippen LogP contribution in [0.15, 0.2) is 58.3 Å². The van der Waals surface area contributed by atoms with Crippen molar-refractivity contribution in [1.29, 1.82) is 0 Å². The molecule has 1 N–H and O–H groups in total. The number of halogens is 1. The Labute approximate surface area is 170 Å². The smallest absolute Gasteiger partial charge is 0.338 e. The molecule has 3 rings (SSSR count). The van der Waals surface area contributed by atoms with Crippen molar-refractivity contribution < 1.29 is 18.7 Å². The van der Waals surface area contributed by atoms with Crippen molar-refractivity contribution in [2.24, 2.45) is 0 Å². The van der Waals surface area contributed by atoms with Gasteiger partial charge in [0.15, 0.2) is 6.61 Å². The monoisotopic (exact) mass is 416 g/mol. The molecular weight excluding hydrogens is 399 g/mol. The number of nitrogens with zero attached hydrogens (tertiary/aromatic N) is 1. The Balaban J connectivity index is 1.57. The lowest BCUT2D eigenvalue weighted by Crippen LogP contribution is -2.21. The molecule has 0 radical (unpaired) electrons. The zero-order valence-electron chi connectivity index (χ0n) is 15.0. The topological polar surface area (TPSA) is 68.3 Å². The van der Waals surface area contributed by atoms with Crippen molar-refractivity contribution in [3.8, 4) is 0 Å². The Morgan fingerprint density at radius 3 is 2.79 bits per heavy atom. The van der Waals surface area contributed by atoms with E-state index in [0.717, 1.165) is 15.6 Å². The Morgan fingerprint density at radius 2 is 2.04 bits per heavy atom. The van der Waals surface area contributed by atoms with Crippen LogP contribution in [0, 0.1) is 12.7 Å². The maximum atomic E-state index is 13.2. The molecule has 28 heavy (non-hydrogen) atoms. The van der Waals surface area contributed by atoms with Crippen LogP contribution in [-0.2, 0) is 15.3 Å². The molecule has 1 amide bonds. The summed E-state index contributed by atoms with van der Waals surface area (Å²) in [6.07, 6.45) is 0. The second-order valence-corrected chi connectivity index (χ2v) is 7.92. The minimum atomic E-state index is -0.582. The van der Waals surface area contributed by atoms with Crippen LogP contribution in [0.25, 0.3) is 0 Å². The lowest BCUT2D eigenvalue weighted by Gasteiger charge is -2.09. The van der Waals surface area contributed by atoms with Crippen LogP contribution >= 0.6 is 23.1 Å². The molecule has 1 heterocycles. The number of carbonyl (C=O) groups is 2. The number of thiazole rings is 1. The van der Waals surface area contributed by atoms with Crippen LogP contribution in [0.1, 0.15) is 21.6 Å². The minimum Gasteiger partial charge on any atom is -0.452 e. The van der Waals surface area contributed by atoms with Crippen LogP contribution in [0.4, 0.5) is 10.1 Å². The molecule has 144 valence electrons. The van der Waals surface area contributed by atoms with Gasteiger partial charge < -0.3 is 10.1 Å². The first-order chi connectivity index (χ1) is 13.5. The van der Waals surface area contributed by atoms with E-state index in [1.807, 2.05) is 24.4 Å². The Hall–Kier alpha value is -2.71. The van der Waals surface area contributed by atoms with Gasteiger partial charge >= 0.3 is 5.97 Å². The third-order valence-electron chi connectivity index (χ3n) is 3.63. The number of nitrogens with one attached hydrogen (secondary N) is 1. The van der Waals surface area contributed by atoms with Crippen molar-refractivity contribution >= 4 is 40.7 Å². The summed E-state index contributed by atoms with van der Waals surface area (Å²) in [4.78, 5) is 28.7. The molecule has 0 spiro atoms. The highest BCUT2D eigenvalue weighted by Crippen LogP contribution is 2.27. The molecule has 5 nitrogen and oxygen atoms in total. The molecule has 8 heteroatoms. The van der Waals surface area contributed by atoms with E-state index in [0.29, 0.717) is 17.0 Å². The van der Waals surface area contributed by atoms with E-state index in [9.17, 15) is 14.0 Å². The summed E-state index contributed by atoms with van der Waals surface area (Å²) in [5.41, 5.74) is 2.47. The van der Waals surface area contributed by atoms with E-state index in [-0.39, 0.29) is 0 Å². The number of thioether (sulfide) groups is 1. The number of aromatic nitrogens is 1. The fourth-order valence-electron chi connectivity index (χ4n) is 2.36. The Morgan fingerprint density at radius 1 is 1.21 bits per heavy atom. The van der Waals surface area contributed by atoms with Gasteiger partial charge in [0.1, 0.15) is 10.2 Å². The second kappa shape index (κ2) is 9.48. The van der Waals surface area contributed by atoms with Crippen molar-refractivity contribution in [1.82, 2.24) is 4.98 Å². The quantitative estimate of drug-likeness (QED) is 0.447. The minimum absolute atomic E-state index is 0.302. The molecular formula is C20H17FN2O3S2. The van der Waals surface area contributed by atoms with Crippen LogP contribution in [0.5, 0.6) is 0 Å². The van der Waals surface area contributed by atoms with Crippen LogP contribution in [0.3, 0.4) is 0 Å². The van der Waals surface area contributed by atoms with Crippen molar-refractivity contribution in [3.63, 3.8) is 0 Å². The van der Waals surface area contributed by atoms with E-state index >= 15 is 0 Å². The predicted molar refractivity (Wildman–Crippen MR) is 108 cm³/mol. The summed E-state index contributed by atoms with van der Waals surface area (Å²) in [6.45, 7) is 1.48. The number of aryl methyl sites for hydroxylation is 1. The molecule has 2 aromatic carbocycles. The SMILES string of the molecule is Cc1csc(SCc2ccccc2C(=O)OCC(=O)Nc2cccc(F)c2)n1. The molecule has 1 aromatic heterocycles. The molecule has 0 aliphatic heterocycles. The van der Waals surface area contributed by atoms with Gasteiger partial charge in [0.25, 0.3) is 5.91 Å². The molecule has 0 saturated carbocycles. The van der Waals surface area contributed by atoms with E-state index < -0.39 is 24.3 Å². The Kier molecular flexibility index (Phi) is 6.78. The number of esters is 1. The van der Waals surface area contributed by atoms with E-state index in [1.165, 1.54) is 30.0 Å². The average Bonchev–Trinajstić information content (AvgIpc) is 3.10. The number of anilines is 1. The highest BCUT2D eigenvalue weighted by Gasteiger charge is 2.15. The molecule has 0 aliphatic rings. The summed E-state index contributed by atoms with van der Waals surface area (Å²) in [7, 11) is 0. The number of hydrogen-bond donors (Lipinski definition) is 1. The van der Waals surface area contributed by atoms with Gasteiger partial charge in [-0.05, 0) is 36.8 Å². The van der Waals surface area contributed by atoms with Crippen LogP contribution in [0.2, 0.25) is 0 Å². The van der Waals surface area contributed by atoms with Crippen LogP contribution in [-0.4, -0.2) is 23.5 Å². The van der Waals surface area contributed by atoms with Crippen molar-refractivity contribution in [2.75, 3.05) is 11.9 Å². The normalized spacial score (nSPS) is 10.5. The first kappa shape index (κ1) is 20.0. The lowest BCUT2D eigenvalue weighted by molar-refractivity contribution is -0.119. The number of amides is 1. The first-order valence-electron chi connectivity index (χ1n) is 8.36. The van der Waals surface area contributed by atoms with E-state index in [2.05, 4.69) is 10.3 Å². The van der Waals surface area contributed by atoms with Gasteiger partial charge in [-0.15, -0.1) is 11.3 Å². The molecule has 0 bridgehead atoms. The highest BCUT2D eigenvalue weighted by molar-refractivity contribution is 8.00. The summed E-state index contributed by atoms with van der Waals surface area (Å²) in [6, 6.07) is 12.6. The third-order valence-corrected chi connectivity index (χ3v) is 5.82. The number of carbonyl (C=O) groups excluding carboxylic acids is 2. The summed E-state index contributed by atoms with van der Waals surface area (Å²) >= 11 is 3.09. The number of rotatable bonds is 7. The molecule has 3 aromatic rings. The predicted octanol–water partition coefficient (Wildman–Crippen LogP) is 4.68. The summed E-state index contributed by atoms with van der Waals surface area (Å²) in [5, 5.41) is 4.46. The van der Waals surface area contributed by atoms with E-state index in [1.54, 1.807) is 29.5 Å². The number of hydrogen-bond acceptors (Lipinski definition) is 6.